The molecule has 0 aromatic heterocycles. The number of ether oxygens (including phenoxy) is 1. The molecule has 2 N–H and O–H groups in total. The van der Waals surface area contributed by atoms with E-state index in [2.05, 4.69) is 10.6 Å². The van der Waals surface area contributed by atoms with Crippen molar-refractivity contribution in [3.05, 3.63) is 35.9 Å². The predicted molar refractivity (Wildman–Crippen MR) is 83.1 cm³/mol. The number of nitrogens with zero attached hydrogens (tertiary/aromatic N) is 1. The van der Waals surface area contributed by atoms with E-state index in [0.717, 1.165) is 7.11 Å². The standard InChI is InChI=1S/C15H13N3O4S/c1-22-13(21)15(7-11(19)9-5-3-2-4-6-9)10(8-16)12(20)17-14(23)18-15/h2-6,10H,7H2,1H3,(H2,17,18,20,23)/t10-,15-/m1/s1. The molecule has 1 aliphatic rings. The number of methoxy groups -OCH3 is 1. The number of hydrogen-bond donors (Lipinski definition) is 2. The monoisotopic (exact) mass is 331 g/mol. The van der Waals surface area contributed by atoms with E-state index in [1.807, 2.05) is 0 Å². The molecule has 0 aliphatic carbocycles. The maximum atomic E-state index is 12.5. The molecule has 7 nitrogen and oxygen atoms in total. The van der Waals surface area contributed by atoms with Gasteiger partial charge in [-0.25, -0.2) is 4.79 Å². The zero-order valence-corrected chi connectivity index (χ0v) is 13.0. The summed E-state index contributed by atoms with van der Waals surface area (Å²) >= 11 is 4.90. The van der Waals surface area contributed by atoms with Gasteiger partial charge >= 0.3 is 5.97 Å². The smallest absolute Gasteiger partial charge is 0.334 e. The van der Waals surface area contributed by atoms with Crippen LogP contribution in [-0.2, 0) is 14.3 Å². The van der Waals surface area contributed by atoms with E-state index in [-0.39, 0.29) is 5.11 Å². The minimum atomic E-state index is -1.85. The van der Waals surface area contributed by atoms with E-state index >= 15 is 0 Å². The number of nitriles is 1. The van der Waals surface area contributed by atoms with Gasteiger partial charge in [0.25, 0.3) is 0 Å². The molecule has 1 aromatic rings. The van der Waals surface area contributed by atoms with Crippen LogP contribution in [-0.4, -0.2) is 35.4 Å². The van der Waals surface area contributed by atoms with Crippen LogP contribution in [0.25, 0.3) is 0 Å². The number of rotatable bonds is 4. The highest BCUT2D eigenvalue weighted by molar-refractivity contribution is 7.80. The van der Waals surface area contributed by atoms with Crippen LogP contribution >= 0.6 is 12.2 Å². The number of carbonyl (C=O) groups excluding carboxylic acids is 3. The molecule has 1 aliphatic heterocycles. The second kappa shape index (κ2) is 6.54. The Balaban J connectivity index is 2.45. The Hall–Kier alpha value is -2.79. The highest BCUT2D eigenvalue weighted by Gasteiger charge is 2.55. The molecule has 1 aromatic carbocycles. The molecule has 0 spiro atoms. The van der Waals surface area contributed by atoms with Crippen molar-refractivity contribution in [3.63, 3.8) is 0 Å². The van der Waals surface area contributed by atoms with Gasteiger partial charge in [0.05, 0.1) is 13.2 Å². The summed E-state index contributed by atoms with van der Waals surface area (Å²) in [5, 5.41) is 14.0. The molecule has 0 unspecified atom stereocenters. The molecule has 0 bridgehead atoms. The number of ketones is 1. The quantitative estimate of drug-likeness (QED) is 0.464. The number of hydrogen-bond acceptors (Lipinski definition) is 6. The second-order valence-corrected chi connectivity index (χ2v) is 5.34. The average Bonchev–Trinajstić information content (AvgIpc) is 2.54. The largest absolute Gasteiger partial charge is 0.467 e. The first-order valence-corrected chi connectivity index (χ1v) is 7.04. The maximum absolute atomic E-state index is 12.5. The summed E-state index contributed by atoms with van der Waals surface area (Å²) in [6.45, 7) is 0. The Morgan fingerprint density at radius 2 is 2.04 bits per heavy atom. The van der Waals surface area contributed by atoms with Crippen LogP contribution in [0.4, 0.5) is 0 Å². The molecule has 1 heterocycles. The zero-order valence-electron chi connectivity index (χ0n) is 12.2. The van der Waals surface area contributed by atoms with Crippen molar-refractivity contribution >= 4 is 35.0 Å². The minimum absolute atomic E-state index is 0.132. The van der Waals surface area contributed by atoms with Crippen LogP contribution in [0.3, 0.4) is 0 Å². The van der Waals surface area contributed by atoms with Crippen molar-refractivity contribution in [2.45, 2.75) is 12.0 Å². The summed E-state index contributed by atoms with van der Waals surface area (Å²) < 4.78 is 4.71. The lowest BCUT2D eigenvalue weighted by molar-refractivity contribution is -0.152. The van der Waals surface area contributed by atoms with E-state index in [1.165, 1.54) is 0 Å². The molecule has 0 saturated carbocycles. The van der Waals surface area contributed by atoms with Gasteiger partial charge in [-0.05, 0) is 12.2 Å². The van der Waals surface area contributed by atoms with Crippen LogP contribution in [0.1, 0.15) is 16.8 Å². The van der Waals surface area contributed by atoms with Crippen molar-refractivity contribution in [1.29, 1.82) is 5.26 Å². The first-order chi connectivity index (χ1) is 10.9. The van der Waals surface area contributed by atoms with Gasteiger partial charge in [-0.15, -0.1) is 0 Å². The summed E-state index contributed by atoms with van der Waals surface area (Å²) in [4.78, 5) is 36.8. The fraction of sp³-hybridized carbons (Fsp3) is 0.267. The summed E-state index contributed by atoms with van der Waals surface area (Å²) in [6.07, 6.45) is -0.435. The maximum Gasteiger partial charge on any atom is 0.334 e. The molecular formula is C15H13N3O4S. The van der Waals surface area contributed by atoms with Crippen LogP contribution in [0.5, 0.6) is 0 Å². The number of Topliss-reactive ketones (excluding diaryl/α,β-unsaturated/α-hetero) is 1. The number of carbonyl (C=O) groups is 3. The normalized spacial score (nSPS) is 23.2. The van der Waals surface area contributed by atoms with Crippen LogP contribution in [0.2, 0.25) is 0 Å². The van der Waals surface area contributed by atoms with Gasteiger partial charge in [0.2, 0.25) is 5.91 Å². The predicted octanol–water partition coefficient (Wildman–Crippen LogP) is 0.315. The number of nitrogens with one attached hydrogen (secondary N) is 2. The van der Waals surface area contributed by atoms with E-state index in [9.17, 15) is 19.6 Å². The molecule has 2 atom stereocenters. The highest BCUT2D eigenvalue weighted by Crippen LogP contribution is 2.28. The third kappa shape index (κ3) is 3.05. The van der Waals surface area contributed by atoms with Gasteiger partial charge in [-0.1, -0.05) is 30.3 Å². The third-order valence-corrected chi connectivity index (χ3v) is 3.75. The van der Waals surface area contributed by atoms with Gasteiger partial charge in [0, 0.05) is 12.0 Å². The van der Waals surface area contributed by atoms with Crippen molar-refractivity contribution < 1.29 is 19.1 Å². The SMILES string of the molecule is COC(=O)[C@]1(CC(=O)c2ccccc2)NC(=S)NC(=O)[C@H]1C#N. The fourth-order valence-corrected chi connectivity index (χ4v) is 2.71. The van der Waals surface area contributed by atoms with Gasteiger partial charge in [0.15, 0.2) is 22.4 Å². The number of thiocarbonyl (C=S) groups is 1. The Bertz CT molecular complexity index is 713. The Morgan fingerprint density at radius 1 is 1.39 bits per heavy atom. The first kappa shape index (κ1) is 16.6. The van der Waals surface area contributed by atoms with E-state index in [0.29, 0.717) is 5.56 Å². The van der Waals surface area contributed by atoms with Crippen LogP contribution < -0.4 is 10.6 Å². The average molecular weight is 331 g/mol. The third-order valence-electron chi connectivity index (χ3n) is 3.54. The Morgan fingerprint density at radius 3 is 2.61 bits per heavy atom. The van der Waals surface area contributed by atoms with E-state index in [1.54, 1.807) is 36.4 Å². The Kier molecular flexibility index (Phi) is 4.71. The lowest BCUT2D eigenvalue weighted by Gasteiger charge is -2.38. The topological polar surface area (TPSA) is 108 Å². The number of benzene rings is 1. The summed E-state index contributed by atoms with van der Waals surface area (Å²) in [6, 6.07) is 10.00. The minimum Gasteiger partial charge on any atom is -0.467 e. The molecular weight excluding hydrogens is 318 g/mol. The highest BCUT2D eigenvalue weighted by atomic mass is 32.1. The first-order valence-electron chi connectivity index (χ1n) is 6.64. The summed E-state index contributed by atoms with van der Waals surface area (Å²) in [5.41, 5.74) is -1.50. The lowest BCUT2D eigenvalue weighted by Crippen LogP contribution is -2.70. The molecule has 1 fully saturated rings. The Labute approximate surface area is 137 Å². The molecule has 0 radical (unpaired) electrons. The van der Waals surface area contributed by atoms with Crippen molar-refractivity contribution in [3.8, 4) is 6.07 Å². The van der Waals surface area contributed by atoms with Crippen LogP contribution in [0, 0.1) is 17.2 Å². The summed E-state index contributed by atoms with van der Waals surface area (Å²) in [7, 11) is 1.11. The molecule has 1 saturated heterocycles. The summed E-state index contributed by atoms with van der Waals surface area (Å²) in [5.74, 6) is -3.51. The van der Waals surface area contributed by atoms with Gasteiger partial charge in [-0.2, -0.15) is 5.26 Å². The fourth-order valence-electron chi connectivity index (χ4n) is 2.43. The van der Waals surface area contributed by atoms with Gasteiger partial charge in [-0.3, -0.25) is 9.59 Å². The van der Waals surface area contributed by atoms with Gasteiger partial charge < -0.3 is 15.4 Å². The second-order valence-electron chi connectivity index (χ2n) is 4.93. The number of amides is 1. The zero-order chi connectivity index (χ0) is 17.0. The van der Waals surface area contributed by atoms with E-state index in [4.69, 9.17) is 17.0 Å². The van der Waals surface area contributed by atoms with Gasteiger partial charge in [0.1, 0.15) is 0 Å². The molecule has 118 valence electrons. The molecule has 1 amide bonds. The molecule has 2 rings (SSSR count). The van der Waals surface area contributed by atoms with E-state index < -0.39 is 35.5 Å². The van der Waals surface area contributed by atoms with Crippen molar-refractivity contribution in [2.75, 3.05) is 7.11 Å². The molecule has 23 heavy (non-hydrogen) atoms. The molecule has 8 heteroatoms. The van der Waals surface area contributed by atoms with Crippen LogP contribution in [0.15, 0.2) is 30.3 Å². The van der Waals surface area contributed by atoms with Crippen molar-refractivity contribution in [1.82, 2.24) is 10.6 Å². The van der Waals surface area contributed by atoms with Crippen molar-refractivity contribution in [2.24, 2.45) is 5.92 Å². The lowest BCUT2D eigenvalue weighted by atomic mass is 9.77. The number of esters is 1.